The fourth-order valence-electron chi connectivity index (χ4n) is 16.1. The Balaban J connectivity index is 0.000000262. The Bertz CT molecular complexity index is 4720. The molecule has 616 valence electrons. The predicted octanol–water partition coefficient (Wildman–Crippen LogP) is 23.9. The molecule has 24 heteroatoms. The zero-order valence-electron chi connectivity index (χ0n) is 68.6. The second-order valence-corrected chi connectivity index (χ2v) is 43.1. The van der Waals surface area contributed by atoms with Crippen molar-refractivity contribution in [2.24, 2.45) is 42.9 Å². The molecule has 0 radical (unpaired) electrons. The Labute approximate surface area is 713 Å². The number of piperidine rings is 3. The van der Waals surface area contributed by atoms with Crippen LogP contribution in [0.2, 0.25) is 30.1 Å². The highest BCUT2D eigenvalue weighted by Gasteiger charge is 2.56. The average molecular weight is 1730 g/mol. The third-order valence-electron chi connectivity index (χ3n) is 22.5. The molecule has 0 spiro atoms. The largest absolute Gasteiger partial charge is 0.396 e. The van der Waals surface area contributed by atoms with Crippen LogP contribution in [0.4, 0.5) is 0 Å². The maximum absolute atomic E-state index is 14.5. The van der Waals surface area contributed by atoms with Crippen molar-refractivity contribution in [2.75, 3.05) is 23.9 Å². The van der Waals surface area contributed by atoms with Gasteiger partial charge in [0.1, 0.15) is 28.4 Å². The summed E-state index contributed by atoms with van der Waals surface area (Å²) in [7, 11) is -6.91. The van der Waals surface area contributed by atoms with Crippen molar-refractivity contribution in [2.45, 2.75) is 219 Å². The van der Waals surface area contributed by atoms with E-state index in [4.69, 9.17) is 88.0 Å². The number of aliphatic hydroxyl groups excluding tert-OH is 1. The number of aliphatic hydroxyl groups is 1. The first-order chi connectivity index (χ1) is 53.6. The first-order valence-electron chi connectivity index (χ1n) is 38.8. The van der Waals surface area contributed by atoms with E-state index in [0.717, 1.165) is 33.4 Å². The summed E-state index contributed by atoms with van der Waals surface area (Å²) in [6.45, 7) is 53.2. The first-order valence-corrected chi connectivity index (χ1v) is 46.0. The van der Waals surface area contributed by atoms with Gasteiger partial charge in [0.25, 0.3) is 0 Å². The molecular weight excluding hydrogens is 1610 g/mol. The van der Waals surface area contributed by atoms with Gasteiger partial charge < -0.3 is 19.8 Å². The number of carbonyl (C=O) groups is 3. The lowest BCUT2D eigenvalue weighted by Gasteiger charge is -2.53. The van der Waals surface area contributed by atoms with Crippen LogP contribution in [0.25, 0.3) is 9.91 Å². The van der Waals surface area contributed by atoms with E-state index in [0.29, 0.717) is 74.4 Å². The van der Waals surface area contributed by atoms with E-state index < -0.39 is 64.6 Å². The topological polar surface area (TPSA) is 190 Å². The van der Waals surface area contributed by atoms with Crippen molar-refractivity contribution < 1.29 is 32.1 Å². The molecule has 114 heavy (non-hydrogen) atoms. The highest BCUT2D eigenvalue weighted by molar-refractivity contribution is 7.94. The number of halogens is 6. The standard InChI is InChI=1S/C30H37Cl2N3O2S.C29H37Cl2N3O3S.C29H37Cl2NO2S.C2H3N/c1-8-16-30(6)18-26(23-10-9-11-25(32)17-23)28(22-12-14-24(31)15-13-22)35(29(30)36)27(20(2)3)19-38(37,21(4)5)34-33-7;1-19(2)26(18-38(37,20(3)4)33-32-6)34-27(21-10-12-23(30)13-11-21)25(22-8-7-9-24(31)16-22)17-29(5,14-15-35)28(34)36;1-7-15-29(6)17-25(22-9-8-10-24(31)16-22)27(21-11-13-23(30)14-12-21)32(28(29)33)26(19(2)3)18-35(34)20(4)5;1-2-3/h8-15,17,20-21,26-28H,1,16,18-19H2,2-6H3;7-13,16,19-20,25-27,35H,14-15,17-18H2,1-5H3;7-14,16,19-20,25-27H,1,15,17-18H2,2-6H3;1H3/t26-,27-,28-,30+,38?;25-,26-,27-,29+,38?;25-,26-,27-,29+,35?;/m111./s1. The molecule has 3 unspecified atom stereocenters. The van der Waals surface area contributed by atoms with Crippen molar-refractivity contribution in [1.82, 2.24) is 14.7 Å². The molecule has 6 aromatic rings. The summed E-state index contributed by atoms with van der Waals surface area (Å²) >= 11 is 38.1. The molecule has 3 aliphatic rings. The maximum Gasteiger partial charge on any atom is 0.229 e. The van der Waals surface area contributed by atoms with Crippen molar-refractivity contribution >= 4 is 118 Å². The van der Waals surface area contributed by atoms with Crippen LogP contribution < -0.4 is 0 Å². The molecule has 0 bridgehead atoms. The zero-order chi connectivity index (χ0) is 85.1. The molecule has 3 aliphatic heterocycles. The zero-order valence-corrected chi connectivity index (χ0v) is 75.6. The second-order valence-electron chi connectivity index (χ2n) is 32.8. The van der Waals surface area contributed by atoms with E-state index in [1.807, 2.05) is 230 Å². The van der Waals surface area contributed by atoms with Gasteiger partial charge in [0.05, 0.1) is 46.5 Å². The molecule has 6 aromatic carbocycles. The summed E-state index contributed by atoms with van der Waals surface area (Å²) in [5.74, 6) is 0.391. The Morgan fingerprint density at radius 3 is 1.04 bits per heavy atom. The summed E-state index contributed by atoms with van der Waals surface area (Å²) in [6.07, 6.45) is 6.78. The molecule has 3 fully saturated rings. The molecule has 9 rings (SSSR count). The highest BCUT2D eigenvalue weighted by Crippen LogP contribution is 2.57. The third-order valence-corrected chi connectivity index (χ3v) is 31.0. The van der Waals surface area contributed by atoms with Crippen LogP contribution in [0.5, 0.6) is 0 Å². The Kier molecular flexibility index (Phi) is 36.1. The van der Waals surface area contributed by atoms with E-state index in [1.54, 1.807) is 26.0 Å². The molecule has 3 amide bonds. The van der Waals surface area contributed by atoms with Gasteiger partial charge >= 0.3 is 0 Å². The smallest absolute Gasteiger partial charge is 0.229 e. The van der Waals surface area contributed by atoms with Gasteiger partial charge in [0, 0.05) is 117 Å². The van der Waals surface area contributed by atoms with Crippen LogP contribution >= 0.6 is 69.6 Å². The van der Waals surface area contributed by atoms with Gasteiger partial charge in [-0.05, 0) is 190 Å². The molecule has 1 N–H and O–H groups in total. The van der Waals surface area contributed by atoms with E-state index in [2.05, 4.69) is 58.0 Å². The molecule has 0 saturated carbocycles. The summed E-state index contributed by atoms with van der Waals surface area (Å²) < 4.78 is 48.8. The molecule has 15 atom stereocenters. The Morgan fingerprint density at radius 1 is 0.509 bits per heavy atom. The summed E-state index contributed by atoms with van der Waals surface area (Å²) in [4.78, 5) is 55.6. The molecule has 0 aliphatic carbocycles. The summed E-state index contributed by atoms with van der Waals surface area (Å²) in [6, 6.07) is 46.0. The van der Waals surface area contributed by atoms with Gasteiger partial charge in [-0.2, -0.15) is 18.4 Å². The van der Waals surface area contributed by atoms with Gasteiger partial charge in [-0.3, -0.25) is 18.6 Å². The average Bonchev–Trinajstić information content (AvgIpc) is 0.746. The Morgan fingerprint density at radius 2 is 0.789 bits per heavy atom. The number of hydrogen-bond acceptors (Lipinski definition) is 10. The maximum atomic E-state index is 14.5. The van der Waals surface area contributed by atoms with E-state index in [9.17, 15) is 32.1 Å². The lowest BCUT2D eigenvalue weighted by atomic mass is 9.67. The fourth-order valence-corrected chi connectivity index (χ4v) is 22.0. The monoisotopic (exact) mass is 1720 g/mol. The van der Waals surface area contributed by atoms with Crippen molar-refractivity contribution in [3.63, 3.8) is 0 Å². The lowest BCUT2D eigenvalue weighted by molar-refractivity contribution is -0.156. The number of likely N-dealkylation sites (tertiary alicyclic amines) is 3. The van der Waals surface area contributed by atoms with E-state index >= 15 is 0 Å². The highest BCUT2D eigenvalue weighted by atomic mass is 35.5. The van der Waals surface area contributed by atoms with Crippen LogP contribution in [0.15, 0.2) is 180 Å². The minimum absolute atomic E-state index is 0.00580. The van der Waals surface area contributed by atoms with Gasteiger partial charge in [0.15, 0.2) is 0 Å². The van der Waals surface area contributed by atoms with Crippen molar-refractivity contribution in [1.29, 1.82) is 5.26 Å². The predicted molar refractivity (Wildman–Crippen MR) is 475 cm³/mol. The lowest BCUT2D eigenvalue weighted by Crippen LogP contribution is -2.58. The Hall–Kier alpha value is -6.57. The molecule has 0 aromatic heterocycles. The number of amides is 3. The van der Waals surface area contributed by atoms with Gasteiger partial charge in [0.2, 0.25) is 17.7 Å². The summed E-state index contributed by atoms with van der Waals surface area (Å²) in [5.41, 5.74) is 3.78. The molecule has 3 saturated heterocycles. The van der Waals surface area contributed by atoms with Crippen molar-refractivity contribution in [3.05, 3.63) is 257 Å². The number of allylic oxidation sites excluding steroid dienone is 2. The van der Waals surface area contributed by atoms with Crippen molar-refractivity contribution in [3.8, 4) is 6.07 Å². The number of benzene rings is 6. The normalized spacial score (nSPS) is 23.7. The fraction of sp³-hybridized carbons (Fsp3) is 0.489. The number of nitrogens with zero attached hydrogens (tertiary/aromatic N) is 8. The quantitative estimate of drug-likeness (QED) is 0.0299. The SMILES string of the molecule is C=CC[C@@]1(C)C[C@H](c2cccc(Cl)c2)[C@@H](c2ccc(Cl)cc2)N([C@H](CS(=O)C(C)C)C(C)C)C1=O.CC#N.[C-]#[N+]N=S(=O)(C[C@H](C(C)C)N1C(=O)[C@@](C)(CC=C)C[C@H](c2cccc(Cl)c2)[C@H]1c1ccc(Cl)cc1)C(C)C.[C-]#[N+]N=S(=O)(C[C@H](C(C)C)N1C(=O)[C@@](C)(CCO)C[C@H](c2cccc(Cl)c2)[C@H]1c1ccc(Cl)cc1)C(C)C. The molecule has 3 heterocycles. The minimum atomic E-state index is -2.94. The van der Waals surface area contributed by atoms with Gasteiger partial charge in [-0.25, -0.2) is 8.42 Å². The number of hydrogen-bond donors (Lipinski definition) is 1. The summed E-state index contributed by atoms with van der Waals surface area (Å²) in [5, 5.41) is 20.4. The van der Waals surface area contributed by atoms with Crippen LogP contribution in [0.1, 0.15) is 219 Å². The van der Waals surface area contributed by atoms with E-state index in [1.165, 1.54) is 6.92 Å². The van der Waals surface area contributed by atoms with Gasteiger partial charge in [-0.15, -0.1) is 23.1 Å². The van der Waals surface area contributed by atoms with Crippen LogP contribution in [0.3, 0.4) is 0 Å². The van der Waals surface area contributed by atoms with Crippen LogP contribution in [0, 0.1) is 58.5 Å². The molecule has 15 nitrogen and oxygen atoms in total. The van der Waals surface area contributed by atoms with Gasteiger partial charge in [-0.1, -0.05) is 231 Å². The van der Waals surface area contributed by atoms with Crippen LogP contribution in [-0.4, -0.2) is 108 Å². The minimum Gasteiger partial charge on any atom is -0.396 e. The second kappa shape index (κ2) is 42.7. The van der Waals surface area contributed by atoms with Crippen LogP contribution in [-0.2, 0) is 44.6 Å². The number of carbonyl (C=O) groups excluding carboxylic acids is 3. The molecular formula is C90H114Cl6N8O7S3. The number of rotatable bonds is 27. The first kappa shape index (κ1) is 96.3. The van der Waals surface area contributed by atoms with E-state index in [-0.39, 0.29) is 105 Å². The number of nitriles is 1. The third kappa shape index (κ3) is 23.7.